The molecule has 0 spiro atoms. The molecule has 0 aliphatic carbocycles. The number of carbonyl (C=O) groups excluding carboxylic acids is 1. The van der Waals surface area contributed by atoms with Gasteiger partial charge in [-0.25, -0.2) is 0 Å². The molecule has 4 nitrogen and oxygen atoms in total. The lowest BCUT2D eigenvalue weighted by Gasteiger charge is -2.36. The van der Waals surface area contributed by atoms with Gasteiger partial charge in [0, 0.05) is 32.2 Å². The summed E-state index contributed by atoms with van der Waals surface area (Å²) >= 11 is 0. The van der Waals surface area contributed by atoms with E-state index in [1.54, 1.807) is 0 Å². The zero-order valence-electron chi connectivity index (χ0n) is 9.46. The van der Waals surface area contributed by atoms with Crippen molar-refractivity contribution in [1.29, 1.82) is 0 Å². The second-order valence-electron chi connectivity index (χ2n) is 4.65. The lowest BCUT2D eigenvalue weighted by atomic mass is 10.1. The number of nitrogens with one attached hydrogen (secondary N) is 2. The van der Waals surface area contributed by atoms with Gasteiger partial charge < -0.3 is 10.6 Å². The van der Waals surface area contributed by atoms with Gasteiger partial charge in [-0.2, -0.15) is 0 Å². The Balaban J connectivity index is 1.97. The molecule has 2 N–H and O–H groups in total. The van der Waals surface area contributed by atoms with E-state index in [4.69, 9.17) is 0 Å². The summed E-state index contributed by atoms with van der Waals surface area (Å²) < 4.78 is 0. The fourth-order valence-electron chi connectivity index (χ4n) is 2.52. The summed E-state index contributed by atoms with van der Waals surface area (Å²) in [7, 11) is 0. The van der Waals surface area contributed by atoms with Crippen molar-refractivity contribution in [2.24, 2.45) is 0 Å². The summed E-state index contributed by atoms with van der Waals surface area (Å²) in [5.74, 6) is 0.238. The average molecular weight is 211 g/mol. The van der Waals surface area contributed by atoms with Crippen LogP contribution in [0.2, 0.25) is 0 Å². The number of nitrogens with zero attached hydrogens (tertiary/aromatic N) is 1. The predicted octanol–water partition coefficient (Wildman–Crippen LogP) is -0.0512. The van der Waals surface area contributed by atoms with Crippen molar-refractivity contribution in [3.8, 4) is 0 Å². The van der Waals surface area contributed by atoms with Crippen LogP contribution in [-0.2, 0) is 4.79 Å². The van der Waals surface area contributed by atoms with Crippen LogP contribution in [0.3, 0.4) is 0 Å². The van der Waals surface area contributed by atoms with Gasteiger partial charge in [-0.1, -0.05) is 0 Å². The number of rotatable bonds is 1. The van der Waals surface area contributed by atoms with Gasteiger partial charge in [-0.15, -0.1) is 0 Å². The van der Waals surface area contributed by atoms with Gasteiger partial charge in [-0.05, 0) is 26.2 Å². The number of carbonyl (C=O) groups is 1. The molecule has 0 bridgehead atoms. The Morgan fingerprint density at radius 1 is 1.33 bits per heavy atom. The predicted molar refractivity (Wildman–Crippen MR) is 59.7 cm³/mol. The van der Waals surface area contributed by atoms with Crippen LogP contribution >= 0.6 is 0 Å². The summed E-state index contributed by atoms with van der Waals surface area (Å²) in [6.07, 6.45) is 3.32. The minimum absolute atomic E-state index is 0.122. The van der Waals surface area contributed by atoms with E-state index in [2.05, 4.69) is 22.5 Å². The first kappa shape index (κ1) is 10.9. The van der Waals surface area contributed by atoms with E-state index in [1.165, 1.54) is 6.42 Å². The molecule has 0 radical (unpaired) electrons. The van der Waals surface area contributed by atoms with Crippen LogP contribution in [0.5, 0.6) is 0 Å². The molecule has 0 aromatic rings. The van der Waals surface area contributed by atoms with Crippen molar-refractivity contribution in [1.82, 2.24) is 15.5 Å². The molecule has 0 aromatic heterocycles. The Morgan fingerprint density at radius 2 is 2.20 bits per heavy atom. The minimum atomic E-state index is 0.122. The first-order chi connectivity index (χ1) is 7.27. The summed E-state index contributed by atoms with van der Waals surface area (Å²) in [5.41, 5.74) is 0. The molecular formula is C11H21N3O. The lowest BCUT2D eigenvalue weighted by Crippen LogP contribution is -2.56. The first-order valence-electron chi connectivity index (χ1n) is 6.02. The third-order valence-corrected chi connectivity index (χ3v) is 3.35. The molecule has 15 heavy (non-hydrogen) atoms. The van der Waals surface area contributed by atoms with Crippen molar-refractivity contribution >= 4 is 5.91 Å². The molecular weight excluding hydrogens is 190 g/mol. The Morgan fingerprint density at radius 3 is 3.00 bits per heavy atom. The third-order valence-electron chi connectivity index (χ3n) is 3.35. The van der Waals surface area contributed by atoms with Gasteiger partial charge in [0.2, 0.25) is 5.91 Å². The van der Waals surface area contributed by atoms with E-state index < -0.39 is 0 Å². The smallest absolute Gasteiger partial charge is 0.237 e. The van der Waals surface area contributed by atoms with E-state index >= 15 is 0 Å². The van der Waals surface area contributed by atoms with E-state index in [-0.39, 0.29) is 11.9 Å². The molecule has 1 amide bonds. The highest BCUT2D eigenvalue weighted by atomic mass is 16.2. The van der Waals surface area contributed by atoms with Crippen LogP contribution in [0, 0.1) is 0 Å². The topological polar surface area (TPSA) is 44.4 Å². The SMILES string of the molecule is C[C@H]1CN(C2CCCCNC2=O)CCN1. The highest BCUT2D eigenvalue weighted by Crippen LogP contribution is 2.14. The fraction of sp³-hybridized carbons (Fsp3) is 0.909. The van der Waals surface area contributed by atoms with E-state index in [1.807, 2.05) is 0 Å². The molecule has 2 rings (SSSR count). The standard InChI is InChI=1S/C11H21N3O/c1-9-8-14(7-6-12-9)10-4-2-3-5-13-11(10)15/h9-10,12H,2-8H2,1H3,(H,13,15)/t9-,10?/m0/s1. The maximum Gasteiger partial charge on any atom is 0.237 e. The van der Waals surface area contributed by atoms with Gasteiger partial charge in [0.05, 0.1) is 6.04 Å². The zero-order valence-corrected chi connectivity index (χ0v) is 9.46. The van der Waals surface area contributed by atoms with Gasteiger partial charge in [0.25, 0.3) is 0 Å². The Kier molecular flexibility index (Phi) is 3.59. The van der Waals surface area contributed by atoms with Gasteiger partial charge in [-0.3, -0.25) is 9.69 Å². The third kappa shape index (κ3) is 2.69. The van der Waals surface area contributed by atoms with Gasteiger partial charge >= 0.3 is 0 Å². The Hall–Kier alpha value is -0.610. The molecule has 2 fully saturated rings. The molecule has 0 saturated carbocycles. The normalized spacial score (nSPS) is 34.6. The van der Waals surface area contributed by atoms with Gasteiger partial charge in [0.15, 0.2) is 0 Å². The molecule has 2 aliphatic heterocycles. The number of piperazine rings is 1. The average Bonchev–Trinajstić information content (AvgIpc) is 2.43. The molecule has 1 unspecified atom stereocenters. The van der Waals surface area contributed by atoms with Crippen molar-refractivity contribution in [2.75, 3.05) is 26.2 Å². The lowest BCUT2D eigenvalue weighted by molar-refractivity contribution is -0.126. The summed E-state index contributed by atoms with van der Waals surface area (Å²) in [6, 6.07) is 0.631. The molecule has 0 aromatic carbocycles. The van der Waals surface area contributed by atoms with E-state index in [9.17, 15) is 4.79 Å². The summed E-state index contributed by atoms with van der Waals surface area (Å²) in [6.45, 7) is 6.04. The Labute approximate surface area is 91.4 Å². The second kappa shape index (κ2) is 4.94. The van der Waals surface area contributed by atoms with Crippen LogP contribution in [-0.4, -0.2) is 49.1 Å². The second-order valence-corrected chi connectivity index (χ2v) is 4.65. The van der Waals surface area contributed by atoms with Crippen molar-refractivity contribution in [2.45, 2.75) is 38.3 Å². The van der Waals surface area contributed by atoms with Crippen LogP contribution < -0.4 is 10.6 Å². The van der Waals surface area contributed by atoms with E-state index in [0.717, 1.165) is 39.0 Å². The molecule has 86 valence electrons. The number of hydrogen-bond acceptors (Lipinski definition) is 3. The van der Waals surface area contributed by atoms with Crippen LogP contribution in [0.1, 0.15) is 26.2 Å². The molecule has 2 atom stereocenters. The Bertz CT molecular complexity index is 232. The van der Waals surface area contributed by atoms with Gasteiger partial charge in [0.1, 0.15) is 0 Å². The monoisotopic (exact) mass is 211 g/mol. The van der Waals surface area contributed by atoms with E-state index in [0.29, 0.717) is 6.04 Å². The van der Waals surface area contributed by atoms with Crippen LogP contribution in [0.25, 0.3) is 0 Å². The fourth-order valence-corrected chi connectivity index (χ4v) is 2.52. The highest BCUT2D eigenvalue weighted by molar-refractivity contribution is 5.81. The maximum atomic E-state index is 11.8. The van der Waals surface area contributed by atoms with Crippen molar-refractivity contribution in [3.05, 3.63) is 0 Å². The quantitative estimate of drug-likeness (QED) is 0.639. The maximum absolute atomic E-state index is 11.8. The number of hydrogen-bond donors (Lipinski definition) is 2. The summed E-state index contributed by atoms with van der Waals surface area (Å²) in [4.78, 5) is 14.2. The van der Waals surface area contributed by atoms with Crippen molar-refractivity contribution < 1.29 is 4.79 Å². The summed E-state index contributed by atoms with van der Waals surface area (Å²) in [5, 5.41) is 6.41. The molecule has 2 aliphatic rings. The van der Waals surface area contributed by atoms with Crippen LogP contribution in [0.4, 0.5) is 0 Å². The molecule has 2 heterocycles. The largest absolute Gasteiger partial charge is 0.355 e. The highest BCUT2D eigenvalue weighted by Gasteiger charge is 2.29. The minimum Gasteiger partial charge on any atom is -0.355 e. The van der Waals surface area contributed by atoms with Crippen molar-refractivity contribution in [3.63, 3.8) is 0 Å². The molecule has 2 saturated heterocycles. The zero-order chi connectivity index (χ0) is 10.7. The first-order valence-corrected chi connectivity index (χ1v) is 6.02. The van der Waals surface area contributed by atoms with Crippen LogP contribution in [0.15, 0.2) is 0 Å². The molecule has 4 heteroatoms. The number of amides is 1.